The molecular formula is C18H27N7. The van der Waals surface area contributed by atoms with Gasteiger partial charge in [-0.3, -0.25) is 0 Å². The minimum atomic E-state index is 0.0765. The van der Waals surface area contributed by atoms with Crippen molar-refractivity contribution >= 4 is 0 Å². The Morgan fingerprint density at radius 1 is 1.28 bits per heavy atom. The quantitative estimate of drug-likeness (QED) is 0.899. The van der Waals surface area contributed by atoms with Gasteiger partial charge in [-0.1, -0.05) is 0 Å². The van der Waals surface area contributed by atoms with Gasteiger partial charge in [0, 0.05) is 30.5 Å². The van der Waals surface area contributed by atoms with Crippen LogP contribution in [-0.4, -0.2) is 41.3 Å². The van der Waals surface area contributed by atoms with Crippen molar-refractivity contribution in [3.8, 4) is 0 Å². The normalized spacial score (nSPS) is 37.5. The lowest BCUT2D eigenvalue weighted by Gasteiger charge is -2.62. The summed E-state index contributed by atoms with van der Waals surface area (Å²) in [5.41, 5.74) is 0.304. The van der Waals surface area contributed by atoms with E-state index in [9.17, 15) is 0 Å². The predicted octanol–water partition coefficient (Wildman–Crippen LogP) is 1.90. The van der Waals surface area contributed by atoms with Crippen molar-refractivity contribution in [3.05, 3.63) is 24.5 Å². The fourth-order valence-corrected chi connectivity index (χ4v) is 6.38. The fraction of sp³-hybridized carbons (Fsp3) is 0.778. The smallest absolute Gasteiger partial charge is 0.171 e. The summed E-state index contributed by atoms with van der Waals surface area (Å²) in [5, 5.41) is 17.2. The Balaban J connectivity index is 1.40. The van der Waals surface area contributed by atoms with E-state index in [2.05, 4.69) is 37.2 Å². The number of nitrogens with one attached hydrogen (secondary N) is 1. The van der Waals surface area contributed by atoms with E-state index in [1.807, 2.05) is 30.4 Å². The van der Waals surface area contributed by atoms with Crippen molar-refractivity contribution in [2.45, 2.75) is 76.0 Å². The third kappa shape index (κ3) is 2.60. The van der Waals surface area contributed by atoms with Gasteiger partial charge in [0.1, 0.15) is 0 Å². The predicted molar refractivity (Wildman–Crippen MR) is 92.8 cm³/mol. The molecule has 2 aromatic heterocycles. The van der Waals surface area contributed by atoms with Crippen LogP contribution >= 0.6 is 0 Å². The van der Waals surface area contributed by atoms with Crippen molar-refractivity contribution in [3.63, 3.8) is 0 Å². The first-order valence-electron chi connectivity index (χ1n) is 9.55. The molecule has 4 bridgehead atoms. The minimum absolute atomic E-state index is 0.0765. The fourth-order valence-electron chi connectivity index (χ4n) is 6.38. The Bertz CT molecular complexity index is 735. The molecule has 4 aliphatic carbocycles. The van der Waals surface area contributed by atoms with Crippen molar-refractivity contribution in [2.75, 3.05) is 0 Å². The highest BCUT2D eigenvalue weighted by Crippen LogP contribution is 2.60. The molecule has 2 aromatic rings. The molecule has 4 saturated carbocycles. The van der Waals surface area contributed by atoms with Gasteiger partial charge in [-0.05, 0) is 69.4 Å². The van der Waals surface area contributed by atoms with Gasteiger partial charge in [0.15, 0.2) is 5.82 Å². The molecular weight excluding hydrogens is 314 g/mol. The molecule has 0 aromatic carbocycles. The summed E-state index contributed by atoms with van der Waals surface area (Å²) in [6.07, 6.45) is 13.4. The molecule has 6 rings (SSSR count). The van der Waals surface area contributed by atoms with Crippen LogP contribution < -0.4 is 5.32 Å². The van der Waals surface area contributed by atoms with Crippen molar-refractivity contribution < 1.29 is 0 Å². The van der Waals surface area contributed by atoms with Crippen molar-refractivity contribution in [1.82, 2.24) is 35.1 Å². The molecule has 0 amide bonds. The highest BCUT2D eigenvalue weighted by atomic mass is 15.6. The standard InChI is InChI=1S/C18H27N7/c1-13(10-24-4-3-19-12-24)20-17-6-15-5-16(7-17)9-18(8-15,11-17)25-22-14(2)21-23-25/h3-4,12-13,15-16,20H,5-11H2,1-2H3. The minimum Gasteiger partial charge on any atom is -0.336 e. The van der Waals surface area contributed by atoms with E-state index in [0.717, 1.165) is 30.6 Å². The lowest BCUT2D eigenvalue weighted by molar-refractivity contribution is -0.0881. The topological polar surface area (TPSA) is 73.5 Å². The first kappa shape index (κ1) is 15.5. The maximum Gasteiger partial charge on any atom is 0.171 e. The number of hydrogen-bond donors (Lipinski definition) is 1. The van der Waals surface area contributed by atoms with Gasteiger partial charge in [-0.15, -0.1) is 10.2 Å². The first-order chi connectivity index (χ1) is 12.0. The number of tetrazole rings is 1. The molecule has 7 heteroatoms. The number of aromatic nitrogens is 6. The zero-order valence-electron chi connectivity index (χ0n) is 15.1. The van der Waals surface area contributed by atoms with Crippen LogP contribution in [0.25, 0.3) is 0 Å². The van der Waals surface area contributed by atoms with Crippen LogP contribution in [0.5, 0.6) is 0 Å². The third-order valence-corrected chi connectivity index (χ3v) is 6.56. The lowest BCUT2D eigenvalue weighted by Crippen LogP contribution is -2.66. The number of nitrogens with zero attached hydrogens (tertiary/aromatic N) is 6. The van der Waals surface area contributed by atoms with E-state index in [4.69, 9.17) is 0 Å². The van der Waals surface area contributed by atoms with Gasteiger partial charge in [0.25, 0.3) is 0 Å². The molecule has 1 N–H and O–H groups in total. The summed E-state index contributed by atoms with van der Waals surface area (Å²) in [6.45, 7) is 5.19. The molecule has 134 valence electrons. The summed E-state index contributed by atoms with van der Waals surface area (Å²) in [5.74, 6) is 2.37. The highest BCUT2D eigenvalue weighted by Gasteiger charge is 2.59. The highest BCUT2D eigenvalue weighted by molar-refractivity contribution is 5.13. The Morgan fingerprint density at radius 3 is 2.72 bits per heavy atom. The van der Waals surface area contributed by atoms with Gasteiger partial charge in [-0.2, -0.15) is 4.80 Å². The maximum absolute atomic E-state index is 4.63. The second-order valence-corrected chi connectivity index (χ2v) is 8.90. The van der Waals surface area contributed by atoms with Crippen molar-refractivity contribution in [2.24, 2.45) is 11.8 Å². The number of hydrogen-bond acceptors (Lipinski definition) is 5. The molecule has 7 nitrogen and oxygen atoms in total. The maximum atomic E-state index is 4.63. The van der Waals surface area contributed by atoms with E-state index < -0.39 is 0 Å². The van der Waals surface area contributed by atoms with E-state index in [1.54, 1.807) is 0 Å². The number of aryl methyl sites for hydroxylation is 1. The summed E-state index contributed by atoms with van der Waals surface area (Å²) in [4.78, 5) is 6.13. The van der Waals surface area contributed by atoms with Gasteiger partial charge in [0.2, 0.25) is 0 Å². The van der Waals surface area contributed by atoms with Gasteiger partial charge >= 0.3 is 0 Å². The van der Waals surface area contributed by atoms with E-state index in [1.165, 1.54) is 32.1 Å². The van der Waals surface area contributed by atoms with Crippen LogP contribution in [-0.2, 0) is 12.1 Å². The molecule has 25 heavy (non-hydrogen) atoms. The molecule has 0 radical (unpaired) electrons. The molecule has 4 aliphatic rings. The molecule has 0 spiro atoms. The Labute approximate surface area is 148 Å². The molecule has 3 unspecified atom stereocenters. The SMILES string of the molecule is Cc1nnn(C23CC4CC(CC(NC(C)Cn5ccnc5)(C4)C2)C3)n1. The summed E-state index contributed by atoms with van der Waals surface area (Å²) in [7, 11) is 0. The summed E-state index contributed by atoms with van der Waals surface area (Å²) in [6, 6.07) is 0.424. The van der Waals surface area contributed by atoms with E-state index in [-0.39, 0.29) is 11.1 Å². The molecule has 0 saturated heterocycles. The average Bonchev–Trinajstić information content (AvgIpc) is 3.17. The zero-order chi connectivity index (χ0) is 17.1. The second kappa shape index (κ2) is 5.37. The molecule has 4 fully saturated rings. The molecule has 2 heterocycles. The van der Waals surface area contributed by atoms with Gasteiger partial charge in [-0.25, -0.2) is 4.98 Å². The average molecular weight is 341 g/mol. The zero-order valence-corrected chi connectivity index (χ0v) is 15.1. The van der Waals surface area contributed by atoms with Crippen LogP contribution in [0.4, 0.5) is 0 Å². The molecule has 3 atom stereocenters. The van der Waals surface area contributed by atoms with Crippen molar-refractivity contribution in [1.29, 1.82) is 0 Å². The van der Waals surface area contributed by atoms with Crippen LogP contribution in [0, 0.1) is 18.8 Å². The molecule has 0 aliphatic heterocycles. The summed E-state index contributed by atoms with van der Waals surface area (Å²) >= 11 is 0. The van der Waals surface area contributed by atoms with Crippen LogP contribution in [0.3, 0.4) is 0 Å². The monoisotopic (exact) mass is 341 g/mol. The largest absolute Gasteiger partial charge is 0.336 e. The van der Waals surface area contributed by atoms with E-state index in [0.29, 0.717) is 6.04 Å². The number of rotatable bonds is 5. The van der Waals surface area contributed by atoms with Crippen LogP contribution in [0.15, 0.2) is 18.7 Å². The Morgan fingerprint density at radius 2 is 2.08 bits per heavy atom. The van der Waals surface area contributed by atoms with Crippen LogP contribution in [0.1, 0.15) is 51.3 Å². The van der Waals surface area contributed by atoms with Gasteiger partial charge in [0.05, 0.1) is 11.9 Å². The number of imidazole rings is 1. The Hall–Kier alpha value is -1.76. The lowest BCUT2D eigenvalue weighted by atomic mass is 9.50. The van der Waals surface area contributed by atoms with E-state index >= 15 is 0 Å². The summed E-state index contributed by atoms with van der Waals surface area (Å²) < 4.78 is 2.16. The first-order valence-corrected chi connectivity index (χ1v) is 9.55. The third-order valence-electron chi connectivity index (χ3n) is 6.56. The van der Waals surface area contributed by atoms with Crippen LogP contribution in [0.2, 0.25) is 0 Å². The Kier molecular flexibility index (Phi) is 3.33. The van der Waals surface area contributed by atoms with Gasteiger partial charge < -0.3 is 9.88 Å². The second-order valence-electron chi connectivity index (χ2n) is 8.90.